The molecule has 0 saturated heterocycles. The van der Waals surface area contributed by atoms with Crippen LogP contribution in [0.15, 0.2) is 42.5 Å². The second kappa shape index (κ2) is 5.72. The zero-order valence-corrected chi connectivity index (χ0v) is 11.5. The Morgan fingerprint density at radius 1 is 0.824 bits per heavy atom. The van der Waals surface area contributed by atoms with Gasteiger partial charge >= 0.3 is 0 Å². The van der Waals surface area contributed by atoms with Gasteiger partial charge in [-0.15, -0.1) is 0 Å². The first-order valence-corrected chi connectivity index (χ1v) is 6.32. The minimum Gasteiger partial charge on any atom is -0.380 e. The first-order chi connectivity index (χ1) is 8.06. The number of hydrogen-bond donors (Lipinski definition) is 1. The van der Waals surface area contributed by atoms with Crippen LogP contribution in [0.5, 0.6) is 0 Å². The highest BCUT2D eigenvalue weighted by molar-refractivity contribution is 5.93. The molecule has 2 rings (SSSR count). The highest BCUT2D eigenvalue weighted by Gasteiger charge is 2.10. The van der Waals surface area contributed by atoms with E-state index in [0.717, 1.165) is 0 Å². The molecular weight excluding hydrogens is 206 g/mol. The fraction of sp³-hybridized carbons (Fsp3) is 0.375. The lowest BCUT2D eigenvalue weighted by Crippen LogP contribution is -2.26. The molecule has 1 heteroatoms. The SMILES string of the molecule is CC.CC(C)(C)Nc1cccc2ccccc12. The lowest BCUT2D eigenvalue weighted by molar-refractivity contribution is 0.635. The molecule has 0 amide bonds. The normalized spacial score (nSPS) is 10.6. The van der Waals surface area contributed by atoms with E-state index in [0.29, 0.717) is 0 Å². The van der Waals surface area contributed by atoms with Crippen LogP contribution in [-0.2, 0) is 0 Å². The van der Waals surface area contributed by atoms with E-state index in [9.17, 15) is 0 Å². The van der Waals surface area contributed by atoms with Crippen molar-refractivity contribution in [1.29, 1.82) is 0 Å². The third-order valence-corrected chi connectivity index (χ3v) is 2.30. The summed E-state index contributed by atoms with van der Waals surface area (Å²) in [6.45, 7) is 10.5. The summed E-state index contributed by atoms with van der Waals surface area (Å²) >= 11 is 0. The molecule has 0 bridgehead atoms. The monoisotopic (exact) mass is 229 g/mol. The largest absolute Gasteiger partial charge is 0.380 e. The van der Waals surface area contributed by atoms with Crippen LogP contribution < -0.4 is 5.32 Å². The summed E-state index contributed by atoms with van der Waals surface area (Å²) in [7, 11) is 0. The topological polar surface area (TPSA) is 12.0 Å². The summed E-state index contributed by atoms with van der Waals surface area (Å²) in [6.07, 6.45) is 0. The third-order valence-electron chi connectivity index (χ3n) is 2.30. The van der Waals surface area contributed by atoms with Crippen molar-refractivity contribution in [2.24, 2.45) is 0 Å². The van der Waals surface area contributed by atoms with Crippen molar-refractivity contribution in [2.45, 2.75) is 40.2 Å². The summed E-state index contributed by atoms with van der Waals surface area (Å²) in [5.41, 5.74) is 1.31. The van der Waals surface area contributed by atoms with Crippen LogP contribution in [0, 0.1) is 0 Å². The second-order valence-corrected chi connectivity index (χ2v) is 4.90. The van der Waals surface area contributed by atoms with Gasteiger partial charge in [-0.25, -0.2) is 0 Å². The Labute approximate surface area is 105 Å². The number of nitrogens with one attached hydrogen (secondary N) is 1. The number of fused-ring (bicyclic) bond motifs is 1. The number of anilines is 1. The van der Waals surface area contributed by atoms with Gasteiger partial charge < -0.3 is 5.32 Å². The van der Waals surface area contributed by atoms with Crippen molar-refractivity contribution in [3.8, 4) is 0 Å². The maximum atomic E-state index is 3.52. The van der Waals surface area contributed by atoms with Crippen molar-refractivity contribution >= 4 is 16.5 Å². The minimum atomic E-state index is 0.101. The molecule has 0 aromatic heterocycles. The first kappa shape index (κ1) is 13.6. The summed E-state index contributed by atoms with van der Waals surface area (Å²) < 4.78 is 0. The van der Waals surface area contributed by atoms with E-state index in [2.05, 4.69) is 68.6 Å². The molecule has 92 valence electrons. The molecule has 0 saturated carbocycles. The van der Waals surface area contributed by atoms with Gasteiger partial charge in [-0.05, 0) is 32.2 Å². The molecule has 0 heterocycles. The van der Waals surface area contributed by atoms with Crippen LogP contribution in [-0.4, -0.2) is 5.54 Å². The second-order valence-electron chi connectivity index (χ2n) is 4.90. The van der Waals surface area contributed by atoms with E-state index >= 15 is 0 Å². The highest BCUT2D eigenvalue weighted by Crippen LogP contribution is 2.25. The van der Waals surface area contributed by atoms with E-state index in [4.69, 9.17) is 0 Å². The smallest absolute Gasteiger partial charge is 0.0423 e. The summed E-state index contributed by atoms with van der Waals surface area (Å²) in [4.78, 5) is 0. The zero-order chi connectivity index (χ0) is 12.9. The molecule has 0 radical (unpaired) electrons. The Morgan fingerprint density at radius 2 is 1.41 bits per heavy atom. The molecule has 0 fully saturated rings. The number of hydrogen-bond acceptors (Lipinski definition) is 1. The van der Waals surface area contributed by atoms with Crippen molar-refractivity contribution in [2.75, 3.05) is 5.32 Å². The van der Waals surface area contributed by atoms with Gasteiger partial charge in [0.05, 0.1) is 0 Å². The lowest BCUT2D eigenvalue weighted by Gasteiger charge is -2.23. The average molecular weight is 229 g/mol. The molecule has 2 aromatic rings. The van der Waals surface area contributed by atoms with Crippen LogP contribution in [0.1, 0.15) is 34.6 Å². The predicted octanol–water partition coefficient (Wildman–Crippen LogP) is 5.08. The molecular formula is C16H23N. The maximum absolute atomic E-state index is 3.52. The Balaban J connectivity index is 0.000000686. The molecule has 0 aliphatic heterocycles. The van der Waals surface area contributed by atoms with Gasteiger partial charge in [0.2, 0.25) is 0 Å². The molecule has 0 aliphatic rings. The standard InChI is InChI=1S/C14H17N.C2H6/c1-14(2,3)15-13-10-6-8-11-7-4-5-9-12(11)13;1-2/h4-10,15H,1-3H3;1-2H3. The van der Waals surface area contributed by atoms with Crippen molar-refractivity contribution in [3.05, 3.63) is 42.5 Å². The molecule has 0 spiro atoms. The average Bonchev–Trinajstić information content (AvgIpc) is 2.30. The van der Waals surface area contributed by atoms with E-state index in [-0.39, 0.29) is 5.54 Å². The number of benzene rings is 2. The molecule has 17 heavy (non-hydrogen) atoms. The molecule has 1 N–H and O–H groups in total. The van der Waals surface area contributed by atoms with Crippen molar-refractivity contribution in [3.63, 3.8) is 0 Å². The first-order valence-electron chi connectivity index (χ1n) is 6.32. The van der Waals surface area contributed by atoms with Gasteiger partial charge in [-0.1, -0.05) is 50.2 Å². The fourth-order valence-electron chi connectivity index (χ4n) is 1.74. The Morgan fingerprint density at radius 3 is 2.06 bits per heavy atom. The van der Waals surface area contributed by atoms with Crippen molar-refractivity contribution in [1.82, 2.24) is 0 Å². The zero-order valence-electron chi connectivity index (χ0n) is 11.5. The van der Waals surface area contributed by atoms with Gasteiger partial charge in [0.1, 0.15) is 0 Å². The molecule has 0 unspecified atom stereocenters. The summed E-state index contributed by atoms with van der Waals surface area (Å²) in [5.74, 6) is 0. The molecule has 0 aliphatic carbocycles. The third kappa shape index (κ3) is 3.77. The molecule has 2 aromatic carbocycles. The van der Waals surface area contributed by atoms with Crippen LogP contribution in [0.4, 0.5) is 5.69 Å². The fourth-order valence-corrected chi connectivity index (χ4v) is 1.74. The quantitative estimate of drug-likeness (QED) is 0.719. The lowest BCUT2D eigenvalue weighted by atomic mass is 10.0. The van der Waals surface area contributed by atoms with Gasteiger partial charge in [0, 0.05) is 16.6 Å². The number of rotatable bonds is 1. The Bertz CT molecular complexity index is 461. The van der Waals surface area contributed by atoms with Crippen LogP contribution in [0.2, 0.25) is 0 Å². The molecule has 0 atom stereocenters. The van der Waals surface area contributed by atoms with Crippen LogP contribution in [0.3, 0.4) is 0 Å². The minimum absolute atomic E-state index is 0.101. The summed E-state index contributed by atoms with van der Waals surface area (Å²) in [6, 6.07) is 14.8. The molecule has 1 nitrogen and oxygen atoms in total. The van der Waals surface area contributed by atoms with E-state index in [1.807, 2.05) is 13.8 Å². The van der Waals surface area contributed by atoms with Crippen LogP contribution >= 0.6 is 0 Å². The van der Waals surface area contributed by atoms with E-state index < -0.39 is 0 Å². The maximum Gasteiger partial charge on any atom is 0.0423 e. The highest BCUT2D eigenvalue weighted by atomic mass is 14.9. The van der Waals surface area contributed by atoms with E-state index in [1.54, 1.807) is 0 Å². The van der Waals surface area contributed by atoms with Gasteiger partial charge in [0.25, 0.3) is 0 Å². The summed E-state index contributed by atoms with van der Waals surface area (Å²) in [5, 5.41) is 6.10. The van der Waals surface area contributed by atoms with E-state index in [1.165, 1.54) is 16.5 Å². The Kier molecular flexibility index (Phi) is 4.56. The van der Waals surface area contributed by atoms with Gasteiger partial charge in [-0.2, -0.15) is 0 Å². The van der Waals surface area contributed by atoms with Gasteiger partial charge in [-0.3, -0.25) is 0 Å². The van der Waals surface area contributed by atoms with Crippen LogP contribution in [0.25, 0.3) is 10.8 Å². The van der Waals surface area contributed by atoms with Crippen molar-refractivity contribution < 1.29 is 0 Å². The van der Waals surface area contributed by atoms with Gasteiger partial charge in [0.15, 0.2) is 0 Å². The Hall–Kier alpha value is -1.50. The predicted molar refractivity (Wildman–Crippen MR) is 78.7 cm³/mol.